The summed E-state index contributed by atoms with van der Waals surface area (Å²) in [4.78, 5) is 4.18. The van der Waals surface area contributed by atoms with Crippen molar-refractivity contribution < 1.29 is 9.47 Å². The number of allylic oxidation sites excluding steroid dienone is 4. The van der Waals surface area contributed by atoms with E-state index in [4.69, 9.17) is 21.1 Å². The minimum absolute atomic E-state index is 0.142. The average Bonchev–Trinajstić information content (AvgIpc) is 3.40. The van der Waals surface area contributed by atoms with Crippen LogP contribution in [0.1, 0.15) is 44.9 Å². The van der Waals surface area contributed by atoms with Gasteiger partial charge >= 0.3 is 0 Å². The molecule has 2 fully saturated rings. The highest BCUT2D eigenvalue weighted by molar-refractivity contribution is 7.99. The zero-order valence-corrected chi connectivity index (χ0v) is 18.8. The van der Waals surface area contributed by atoms with Crippen LogP contribution in [0.4, 0.5) is 0 Å². The third-order valence-electron chi connectivity index (χ3n) is 5.76. The van der Waals surface area contributed by atoms with Crippen LogP contribution in [0.25, 0.3) is 0 Å². The van der Waals surface area contributed by atoms with E-state index in [1.807, 2.05) is 35.3 Å². The molecule has 6 heteroatoms. The van der Waals surface area contributed by atoms with E-state index < -0.39 is 5.79 Å². The van der Waals surface area contributed by atoms with Crippen molar-refractivity contribution in [2.45, 2.75) is 68.6 Å². The van der Waals surface area contributed by atoms with Crippen molar-refractivity contribution in [1.82, 2.24) is 9.55 Å². The maximum absolute atomic E-state index is 6.57. The van der Waals surface area contributed by atoms with Gasteiger partial charge in [-0.1, -0.05) is 42.7 Å². The Bertz CT molecular complexity index is 860. The first kappa shape index (κ1) is 21.8. The van der Waals surface area contributed by atoms with Gasteiger partial charge in [0.05, 0.1) is 30.6 Å². The summed E-state index contributed by atoms with van der Waals surface area (Å²) in [6, 6.07) is 0. The second kappa shape index (κ2) is 10.7. The Hall–Kier alpha value is -1.45. The van der Waals surface area contributed by atoms with Crippen LogP contribution in [-0.4, -0.2) is 39.1 Å². The van der Waals surface area contributed by atoms with Crippen molar-refractivity contribution >= 4 is 23.4 Å². The number of ether oxygens (including phenoxy) is 2. The van der Waals surface area contributed by atoms with E-state index in [-0.39, 0.29) is 6.10 Å². The summed E-state index contributed by atoms with van der Waals surface area (Å²) < 4.78 is 14.9. The molecule has 2 aliphatic carbocycles. The van der Waals surface area contributed by atoms with Crippen LogP contribution in [0.3, 0.4) is 0 Å². The van der Waals surface area contributed by atoms with Gasteiger partial charge < -0.3 is 14.0 Å². The first-order valence-electron chi connectivity index (χ1n) is 10.8. The summed E-state index contributed by atoms with van der Waals surface area (Å²) in [6.45, 7) is 1.30. The highest BCUT2D eigenvalue weighted by Gasteiger charge is 2.41. The summed E-state index contributed by atoms with van der Waals surface area (Å²) in [5, 5.41) is 1.34. The first-order valence-corrected chi connectivity index (χ1v) is 12.3. The topological polar surface area (TPSA) is 36.3 Å². The number of hydrogen-bond acceptors (Lipinski definition) is 4. The normalized spacial score (nSPS) is 28.8. The van der Waals surface area contributed by atoms with Gasteiger partial charge in [-0.15, -0.1) is 5.73 Å². The molecule has 160 valence electrons. The van der Waals surface area contributed by atoms with Crippen molar-refractivity contribution in [3.8, 4) is 0 Å². The third kappa shape index (κ3) is 6.28. The molecule has 0 radical (unpaired) electrons. The van der Waals surface area contributed by atoms with Crippen LogP contribution >= 0.6 is 23.4 Å². The van der Waals surface area contributed by atoms with E-state index in [2.05, 4.69) is 28.2 Å². The Labute approximate surface area is 188 Å². The first-order chi connectivity index (χ1) is 14.7. The van der Waals surface area contributed by atoms with Crippen LogP contribution in [0, 0.1) is 0 Å². The Balaban J connectivity index is 1.39. The molecule has 0 aromatic carbocycles. The smallest absolute Gasteiger partial charge is 0.187 e. The molecule has 4 nitrogen and oxygen atoms in total. The average molecular weight is 445 g/mol. The number of hydrogen-bond donors (Lipinski definition) is 0. The fourth-order valence-electron chi connectivity index (χ4n) is 4.16. The molecule has 1 saturated heterocycles. The lowest BCUT2D eigenvalue weighted by Gasteiger charge is -2.29. The number of imidazole rings is 1. The summed E-state index contributed by atoms with van der Waals surface area (Å²) >= 11 is 8.05. The summed E-state index contributed by atoms with van der Waals surface area (Å²) in [6.07, 6.45) is 21.7. The Morgan fingerprint density at radius 3 is 3.00 bits per heavy atom. The van der Waals surface area contributed by atoms with Crippen LogP contribution in [-0.2, 0) is 16.0 Å². The van der Waals surface area contributed by atoms with Crippen LogP contribution in [0.2, 0.25) is 0 Å². The number of thioether (sulfide) groups is 1. The molecule has 1 aliphatic heterocycles. The third-order valence-corrected chi connectivity index (χ3v) is 7.48. The van der Waals surface area contributed by atoms with Crippen LogP contribution < -0.4 is 0 Å². The minimum atomic E-state index is -0.629. The predicted octanol–water partition coefficient (Wildman–Crippen LogP) is 5.77. The molecule has 0 amide bonds. The highest BCUT2D eigenvalue weighted by Crippen LogP contribution is 2.35. The summed E-state index contributed by atoms with van der Waals surface area (Å²) in [5.41, 5.74) is 7.28. The molecule has 0 N–H and O–H groups in total. The second-order valence-corrected chi connectivity index (χ2v) is 9.89. The van der Waals surface area contributed by atoms with Crippen LogP contribution in [0.15, 0.2) is 65.1 Å². The minimum Gasteiger partial charge on any atom is -0.345 e. The number of aromatic nitrogens is 2. The van der Waals surface area contributed by atoms with E-state index in [0.29, 0.717) is 18.2 Å². The molecule has 0 bridgehead atoms. The van der Waals surface area contributed by atoms with Gasteiger partial charge in [-0.05, 0) is 37.0 Å². The molecule has 1 saturated carbocycles. The Kier molecular flexibility index (Phi) is 7.78. The van der Waals surface area contributed by atoms with Crippen molar-refractivity contribution in [3.63, 3.8) is 0 Å². The Morgan fingerprint density at radius 2 is 2.17 bits per heavy atom. The van der Waals surface area contributed by atoms with E-state index in [0.717, 1.165) is 29.4 Å². The lowest BCUT2D eigenvalue weighted by Crippen LogP contribution is -2.36. The molecule has 4 rings (SSSR count). The molecule has 2 atom stereocenters. The fraction of sp³-hybridized carbons (Fsp3) is 0.542. The van der Waals surface area contributed by atoms with Gasteiger partial charge in [-0.25, -0.2) is 4.98 Å². The highest BCUT2D eigenvalue weighted by atomic mass is 35.5. The number of nitrogens with zero attached hydrogens (tertiary/aromatic N) is 2. The predicted molar refractivity (Wildman–Crippen MR) is 123 cm³/mol. The van der Waals surface area contributed by atoms with Gasteiger partial charge in [0.15, 0.2) is 5.79 Å². The molecular formula is C24H29ClN2O2S. The summed E-state index contributed by atoms with van der Waals surface area (Å²) in [7, 11) is 0. The monoisotopic (exact) mass is 444 g/mol. The number of halogens is 1. The molecule has 1 aromatic rings. The van der Waals surface area contributed by atoms with Crippen molar-refractivity contribution in [2.24, 2.45) is 0 Å². The number of rotatable bonds is 8. The zero-order chi connectivity index (χ0) is 20.7. The van der Waals surface area contributed by atoms with Gasteiger partial charge in [-0.2, -0.15) is 11.8 Å². The molecule has 0 unspecified atom stereocenters. The molecular weight excluding hydrogens is 416 g/mol. The fourth-order valence-corrected chi connectivity index (χ4v) is 5.60. The summed E-state index contributed by atoms with van der Waals surface area (Å²) in [5.74, 6) is 0.379. The largest absolute Gasteiger partial charge is 0.345 e. The van der Waals surface area contributed by atoms with Gasteiger partial charge in [0.2, 0.25) is 0 Å². The van der Waals surface area contributed by atoms with E-state index >= 15 is 0 Å². The van der Waals surface area contributed by atoms with Crippen molar-refractivity contribution in [3.05, 3.63) is 65.1 Å². The van der Waals surface area contributed by atoms with E-state index in [1.165, 1.54) is 32.1 Å². The standard InChI is InChI=1S/C24H29ClN2O2S/c25-21-8-4-6-20(7-5-9-21)12-13-24(18-27-15-14-26-19-27)28-16-22(29-24)17-30-23-10-2-1-3-11-23/h4,6-7,9,14-15,19,22-23H,1-3,10-13,16-18H2/b20-6+/t5?,8?,22-,24+/m0/s1. The Morgan fingerprint density at radius 1 is 1.27 bits per heavy atom. The molecule has 1 aromatic heterocycles. The molecule has 0 spiro atoms. The molecule has 30 heavy (non-hydrogen) atoms. The lowest BCUT2D eigenvalue weighted by atomic mass is 10.0. The van der Waals surface area contributed by atoms with Crippen LogP contribution in [0.5, 0.6) is 0 Å². The second-order valence-electron chi connectivity index (χ2n) is 8.15. The van der Waals surface area contributed by atoms with Gasteiger partial charge in [0.1, 0.15) is 0 Å². The maximum atomic E-state index is 6.57. The molecule has 3 aliphatic rings. The van der Waals surface area contributed by atoms with Crippen molar-refractivity contribution in [1.29, 1.82) is 0 Å². The quantitative estimate of drug-likeness (QED) is 0.477. The van der Waals surface area contributed by atoms with Gasteiger partial charge in [0, 0.05) is 35.9 Å². The SMILES string of the molecule is ClC1=C=C/C=C(/CC[C@@]2(Cn3ccnc3)OC[C@@H](CSC3CCCCC3)O2)C=C=C1. The van der Waals surface area contributed by atoms with Gasteiger partial charge in [0.25, 0.3) is 0 Å². The van der Waals surface area contributed by atoms with E-state index in [9.17, 15) is 0 Å². The maximum Gasteiger partial charge on any atom is 0.187 e. The van der Waals surface area contributed by atoms with Gasteiger partial charge in [-0.3, -0.25) is 0 Å². The van der Waals surface area contributed by atoms with Crippen molar-refractivity contribution in [2.75, 3.05) is 12.4 Å². The zero-order valence-electron chi connectivity index (χ0n) is 17.3. The lowest BCUT2D eigenvalue weighted by molar-refractivity contribution is -0.179. The molecule has 2 heterocycles. The van der Waals surface area contributed by atoms with E-state index in [1.54, 1.807) is 12.3 Å².